The van der Waals surface area contributed by atoms with Crippen molar-refractivity contribution in [1.82, 2.24) is 4.72 Å². The van der Waals surface area contributed by atoms with Crippen molar-refractivity contribution in [3.05, 3.63) is 15.8 Å². The van der Waals surface area contributed by atoms with Gasteiger partial charge < -0.3 is 10.2 Å². The van der Waals surface area contributed by atoms with Crippen molar-refractivity contribution < 1.29 is 23.4 Å². The summed E-state index contributed by atoms with van der Waals surface area (Å²) in [4.78, 5) is 10.8. The first-order valence-electron chi connectivity index (χ1n) is 6.27. The lowest BCUT2D eigenvalue weighted by Gasteiger charge is -2.27. The first-order valence-corrected chi connectivity index (χ1v) is 8.64. The number of thiophene rings is 1. The molecule has 1 aromatic rings. The number of aromatic carboxylic acids is 1. The lowest BCUT2D eigenvalue weighted by Crippen LogP contribution is -2.49. The quantitative estimate of drug-likeness (QED) is 0.760. The zero-order valence-electron chi connectivity index (χ0n) is 11.0. The third-order valence-electron chi connectivity index (χ3n) is 3.60. The maximum atomic E-state index is 12.5. The lowest BCUT2D eigenvalue weighted by atomic mass is 10.0. The first-order chi connectivity index (χ1) is 9.31. The molecule has 0 radical (unpaired) electrons. The van der Waals surface area contributed by atoms with Crippen LogP contribution in [0.25, 0.3) is 0 Å². The SMILES string of the molecule is Cc1csc(C(=O)O)c1S(=O)(=O)NC1(CO)CCCC1. The van der Waals surface area contributed by atoms with Gasteiger partial charge in [0.1, 0.15) is 9.77 Å². The van der Waals surface area contributed by atoms with Gasteiger partial charge in [-0.15, -0.1) is 11.3 Å². The molecule has 0 bridgehead atoms. The Morgan fingerprint density at radius 2 is 2.05 bits per heavy atom. The topological polar surface area (TPSA) is 104 Å². The number of carbonyl (C=O) groups is 1. The fourth-order valence-electron chi connectivity index (χ4n) is 2.60. The van der Waals surface area contributed by atoms with Crippen LogP contribution < -0.4 is 4.72 Å². The molecular formula is C12H17NO5S2. The van der Waals surface area contributed by atoms with E-state index in [0.717, 1.165) is 24.2 Å². The highest BCUT2D eigenvalue weighted by Crippen LogP contribution is 2.33. The molecule has 3 N–H and O–H groups in total. The van der Waals surface area contributed by atoms with E-state index in [9.17, 15) is 18.3 Å². The number of carboxylic acids is 1. The summed E-state index contributed by atoms with van der Waals surface area (Å²) in [6.45, 7) is 1.29. The van der Waals surface area contributed by atoms with Crippen LogP contribution >= 0.6 is 11.3 Å². The molecule has 1 fully saturated rings. The number of hydrogen-bond donors (Lipinski definition) is 3. The molecule has 0 spiro atoms. The summed E-state index contributed by atoms with van der Waals surface area (Å²) in [6.07, 6.45) is 2.82. The number of aryl methyl sites for hydroxylation is 1. The number of rotatable bonds is 5. The van der Waals surface area contributed by atoms with Crippen molar-refractivity contribution in [2.45, 2.75) is 43.0 Å². The van der Waals surface area contributed by atoms with Crippen molar-refractivity contribution in [3.63, 3.8) is 0 Å². The first kappa shape index (κ1) is 15.4. The predicted molar refractivity (Wildman–Crippen MR) is 74.6 cm³/mol. The van der Waals surface area contributed by atoms with Gasteiger partial charge in [-0.25, -0.2) is 17.9 Å². The summed E-state index contributed by atoms with van der Waals surface area (Å²) >= 11 is 0.894. The van der Waals surface area contributed by atoms with Crippen LogP contribution in [-0.4, -0.2) is 36.7 Å². The van der Waals surface area contributed by atoms with E-state index >= 15 is 0 Å². The smallest absolute Gasteiger partial charge is 0.347 e. The molecular weight excluding hydrogens is 302 g/mol. The van der Waals surface area contributed by atoms with Crippen molar-refractivity contribution in [2.24, 2.45) is 0 Å². The Bertz CT molecular complexity index is 614. The van der Waals surface area contributed by atoms with Crippen LogP contribution in [0, 0.1) is 6.92 Å². The summed E-state index contributed by atoms with van der Waals surface area (Å²) in [5, 5.41) is 20.1. The fourth-order valence-corrected chi connectivity index (χ4v) is 5.68. The van der Waals surface area contributed by atoms with Gasteiger partial charge in [-0.1, -0.05) is 12.8 Å². The van der Waals surface area contributed by atoms with Crippen molar-refractivity contribution >= 4 is 27.3 Å². The molecule has 1 aromatic heterocycles. The zero-order chi connectivity index (χ0) is 15.0. The minimum atomic E-state index is -3.96. The summed E-state index contributed by atoms with van der Waals surface area (Å²) < 4.78 is 27.5. The minimum absolute atomic E-state index is 0.185. The molecule has 2 rings (SSSR count). The highest BCUT2D eigenvalue weighted by molar-refractivity contribution is 7.89. The van der Waals surface area contributed by atoms with E-state index in [2.05, 4.69) is 4.72 Å². The van der Waals surface area contributed by atoms with Crippen molar-refractivity contribution in [3.8, 4) is 0 Å². The molecule has 0 saturated heterocycles. The van der Waals surface area contributed by atoms with Crippen LogP contribution in [0.15, 0.2) is 10.3 Å². The second-order valence-electron chi connectivity index (χ2n) is 5.13. The molecule has 112 valence electrons. The van der Waals surface area contributed by atoms with Gasteiger partial charge in [-0.2, -0.15) is 0 Å². The van der Waals surface area contributed by atoms with E-state index < -0.39 is 21.5 Å². The van der Waals surface area contributed by atoms with E-state index in [0.29, 0.717) is 18.4 Å². The normalized spacial score (nSPS) is 18.3. The average molecular weight is 319 g/mol. The van der Waals surface area contributed by atoms with Crippen molar-refractivity contribution in [2.75, 3.05) is 6.61 Å². The van der Waals surface area contributed by atoms with Crippen LogP contribution in [0.3, 0.4) is 0 Å². The Kier molecular flexibility index (Phi) is 4.19. The largest absolute Gasteiger partial charge is 0.477 e. The van der Waals surface area contributed by atoms with Crippen LogP contribution in [0.1, 0.15) is 40.9 Å². The zero-order valence-corrected chi connectivity index (χ0v) is 12.7. The molecule has 1 saturated carbocycles. The molecule has 6 nitrogen and oxygen atoms in total. The monoisotopic (exact) mass is 319 g/mol. The summed E-state index contributed by atoms with van der Waals surface area (Å²) in [5.41, 5.74) is -0.450. The number of nitrogens with one attached hydrogen (secondary N) is 1. The third-order valence-corrected chi connectivity index (χ3v) is 6.58. The maximum absolute atomic E-state index is 12.5. The Morgan fingerprint density at radius 3 is 2.55 bits per heavy atom. The molecule has 8 heteroatoms. The Labute approximate surface area is 121 Å². The lowest BCUT2D eigenvalue weighted by molar-refractivity contribution is 0.0698. The van der Waals surface area contributed by atoms with Gasteiger partial charge >= 0.3 is 5.97 Å². The van der Waals surface area contributed by atoms with E-state index in [1.165, 1.54) is 5.38 Å². The minimum Gasteiger partial charge on any atom is -0.477 e. The molecule has 1 heterocycles. The Morgan fingerprint density at radius 1 is 1.45 bits per heavy atom. The summed E-state index contributed by atoms with van der Waals surface area (Å²) in [6, 6.07) is 0. The van der Waals surface area contributed by atoms with Gasteiger partial charge in [0.2, 0.25) is 10.0 Å². The number of sulfonamides is 1. The highest BCUT2D eigenvalue weighted by atomic mass is 32.2. The van der Waals surface area contributed by atoms with Gasteiger partial charge in [-0.05, 0) is 30.7 Å². The number of aliphatic hydroxyl groups excluding tert-OH is 1. The fraction of sp³-hybridized carbons (Fsp3) is 0.583. The molecule has 1 aliphatic rings. The van der Waals surface area contributed by atoms with Crippen LogP contribution in [0.5, 0.6) is 0 Å². The molecule has 20 heavy (non-hydrogen) atoms. The standard InChI is InChI=1S/C12H17NO5S2/c1-8-6-19-9(11(15)16)10(8)20(17,18)13-12(7-14)4-2-3-5-12/h6,13-14H,2-5,7H2,1H3,(H,15,16). The average Bonchev–Trinajstić information content (AvgIpc) is 2.96. The maximum Gasteiger partial charge on any atom is 0.347 e. The van der Waals surface area contributed by atoms with E-state index in [-0.39, 0.29) is 16.4 Å². The number of hydrogen-bond acceptors (Lipinski definition) is 5. The predicted octanol–water partition coefficient (Wildman–Crippen LogP) is 1.34. The molecule has 1 aliphatic carbocycles. The van der Waals surface area contributed by atoms with Gasteiger partial charge in [0.15, 0.2) is 0 Å². The number of aliphatic hydroxyl groups is 1. The summed E-state index contributed by atoms with van der Waals surface area (Å²) in [7, 11) is -3.96. The molecule has 0 unspecified atom stereocenters. The van der Waals surface area contributed by atoms with Crippen LogP contribution in [0.2, 0.25) is 0 Å². The van der Waals surface area contributed by atoms with Crippen molar-refractivity contribution in [1.29, 1.82) is 0 Å². The van der Waals surface area contributed by atoms with Gasteiger partial charge in [0.05, 0.1) is 12.1 Å². The highest BCUT2D eigenvalue weighted by Gasteiger charge is 2.39. The second-order valence-corrected chi connectivity index (χ2v) is 7.63. The molecule has 0 amide bonds. The third kappa shape index (κ3) is 2.73. The van der Waals surface area contributed by atoms with E-state index in [1.807, 2.05) is 0 Å². The van der Waals surface area contributed by atoms with Crippen LogP contribution in [0.4, 0.5) is 0 Å². The second kappa shape index (κ2) is 5.44. The van der Waals surface area contributed by atoms with Gasteiger partial charge in [-0.3, -0.25) is 0 Å². The summed E-state index contributed by atoms with van der Waals surface area (Å²) in [5.74, 6) is -1.26. The van der Waals surface area contributed by atoms with Gasteiger partial charge in [0.25, 0.3) is 0 Å². The molecule has 0 aromatic carbocycles. The van der Waals surface area contributed by atoms with E-state index in [1.54, 1.807) is 6.92 Å². The van der Waals surface area contributed by atoms with E-state index in [4.69, 9.17) is 5.11 Å². The number of carboxylic acid groups (broad SMARTS) is 1. The van der Waals surface area contributed by atoms with Crippen LogP contribution in [-0.2, 0) is 10.0 Å². The van der Waals surface area contributed by atoms with Gasteiger partial charge in [0, 0.05) is 0 Å². The Hall–Kier alpha value is -0.960. The Balaban J connectivity index is 2.41. The molecule has 0 atom stereocenters. The molecule has 0 aliphatic heterocycles.